The first kappa shape index (κ1) is 23.0. The molecule has 1 aromatic carbocycles. The second-order valence-corrected chi connectivity index (χ2v) is 8.11. The summed E-state index contributed by atoms with van der Waals surface area (Å²) in [4.78, 5) is 19.4. The summed E-state index contributed by atoms with van der Waals surface area (Å²) >= 11 is 5.47. The molecule has 1 aliphatic heterocycles. The van der Waals surface area contributed by atoms with E-state index in [-0.39, 0.29) is 22.1 Å². The van der Waals surface area contributed by atoms with Gasteiger partial charge in [-0.3, -0.25) is 15.0 Å². The molecule has 1 unspecified atom stereocenters. The number of carbonyl (C=O) groups is 1. The van der Waals surface area contributed by atoms with Crippen molar-refractivity contribution in [2.45, 2.75) is 37.2 Å². The Morgan fingerprint density at radius 3 is 2.52 bits per heavy atom. The Bertz CT molecular complexity index is 1190. The zero-order valence-electron chi connectivity index (χ0n) is 17.1. The third-order valence-corrected chi connectivity index (χ3v) is 6.31. The van der Waals surface area contributed by atoms with Crippen molar-refractivity contribution in [2.24, 2.45) is 0 Å². The van der Waals surface area contributed by atoms with Crippen LogP contribution >= 0.6 is 12.2 Å². The lowest BCUT2D eigenvalue weighted by atomic mass is 9.75. The van der Waals surface area contributed by atoms with E-state index < -0.39 is 40.9 Å². The molecule has 2 fully saturated rings. The van der Waals surface area contributed by atoms with Crippen molar-refractivity contribution in [1.82, 2.24) is 10.3 Å². The fourth-order valence-electron chi connectivity index (χ4n) is 4.12. The lowest BCUT2D eigenvalue weighted by Gasteiger charge is -2.43. The van der Waals surface area contributed by atoms with Crippen LogP contribution in [0.1, 0.15) is 42.3 Å². The standard InChI is InChI=1S/C21H17F4N5O2S/c1-27-17(31)13-4-3-11(8-15(13)22)30-19(33)29(18(32)20(30)5-2-6-20)12-7-14(21(23,24)25)16(9-26)28-10-12/h3-4,7-8,10,17,27,31H,2,5-6H2,1H3. The highest BCUT2D eigenvalue weighted by atomic mass is 32.1. The Morgan fingerprint density at radius 2 is 2.00 bits per heavy atom. The van der Waals surface area contributed by atoms with E-state index in [1.54, 1.807) is 0 Å². The number of thiocarbonyl (C=S) groups is 1. The van der Waals surface area contributed by atoms with Gasteiger partial charge in [-0.1, -0.05) is 6.07 Å². The molecule has 2 N–H and O–H groups in total. The van der Waals surface area contributed by atoms with Crippen LogP contribution in [0, 0.1) is 17.1 Å². The van der Waals surface area contributed by atoms with E-state index >= 15 is 0 Å². The summed E-state index contributed by atoms with van der Waals surface area (Å²) in [5, 5.41) is 21.2. The lowest BCUT2D eigenvalue weighted by molar-refractivity contribution is -0.138. The maximum absolute atomic E-state index is 14.7. The van der Waals surface area contributed by atoms with Crippen LogP contribution < -0.4 is 15.1 Å². The number of nitriles is 1. The molecule has 2 heterocycles. The predicted octanol–water partition coefficient (Wildman–Crippen LogP) is 3.38. The first-order valence-electron chi connectivity index (χ1n) is 9.86. The molecule has 1 aromatic heterocycles. The maximum atomic E-state index is 14.7. The summed E-state index contributed by atoms with van der Waals surface area (Å²) in [6, 6.07) is 6.02. The Labute approximate surface area is 191 Å². The molecule has 1 saturated heterocycles. The van der Waals surface area contributed by atoms with Gasteiger partial charge >= 0.3 is 6.18 Å². The van der Waals surface area contributed by atoms with Crippen LogP contribution in [0.5, 0.6) is 0 Å². The van der Waals surface area contributed by atoms with E-state index in [1.807, 2.05) is 0 Å². The topological polar surface area (TPSA) is 92.5 Å². The van der Waals surface area contributed by atoms with Gasteiger partial charge < -0.3 is 10.0 Å². The zero-order chi connectivity index (χ0) is 24.1. The van der Waals surface area contributed by atoms with Crippen LogP contribution in [-0.2, 0) is 11.0 Å². The van der Waals surface area contributed by atoms with Crippen LogP contribution in [0.2, 0.25) is 0 Å². The van der Waals surface area contributed by atoms with Crippen LogP contribution in [0.4, 0.5) is 28.9 Å². The second-order valence-electron chi connectivity index (χ2n) is 7.74. The molecule has 2 aromatic rings. The molecular weight excluding hydrogens is 462 g/mol. The Morgan fingerprint density at radius 1 is 1.30 bits per heavy atom. The highest BCUT2D eigenvalue weighted by Gasteiger charge is 2.59. The number of nitrogens with zero attached hydrogens (tertiary/aromatic N) is 4. The summed E-state index contributed by atoms with van der Waals surface area (Å²) in [6.45, 7) is 0. The van der Waals surface area contributed by atoms with Gasteiger partial charge in [-0.2, -0.15) is 18.4 Å². The van der Waals surface area contributed by atoms with Gasteiger partial charge in [0, 0.05) is 11.3 Å². The van der Waals surface area contributed by atoms with Crippen LogP contribution in [0.25, 0.3) is 0 Å². The van der Waals surface area contributed by atoms with Crippen molar-refractivity contribution < 1.29 is 27.5 Å². The number of aliphatic hydroxyl groups is 1. The van der Waals surface area contributed by atoms with Crippen molar-refractivity contribution in [2.75, 3.05) is 16.8 Å². The second kappa shape index (κ2) is 8.02. The molecule has 1 aliphatic carbocycles. The van der Waals surface area contributed by atoms with Crippen LogP contribution in [0.15, 0.2) is 30.5 Å². The predicted molar refractivity (Wildman–Crippen MR) is 114 cm³/mol. The van der Waals surface area contributed by atoms with Gasteiger partial charge in [0.05, 0.1) is 17.4 Å². The molecule has 1 atom stereocenters. The van der Waals surface area contributed by atoms with Gasteiger partial charge in [0.25, 0.3) is 5.91 Å². The van der Waals surface area contributed by atoms with E-state index in [0.717, 1.165) is 17.2 Å². The fourth-order valence-corrected chi connectivity index (χ4v) is 4.59. The Hall–Kier alpha value is -3.14. The minimum Gasteiger partial charge on any atom is -0.374 e. The van der Waals surface area contributed by atoms with E-state index in [0.29, 0.717) is 25.3 Å². The van der Waals surface area contributed by atoms with Crippen molar-refractivity contribution >= 4 is 34.6 Å². The minimum absolute atomic E-state index is 0.0108. The normalized spacial score (nSPS) is 18.5. The number of hydrogen-bond acceptors (Lipinski definition) is 6. The summed E-state index contributed by atoms with van der Waals surface area (Å²) in [5.74, 6) is -1.28. The number of hydrogen-bond donors (Lipinski definition) is 2. The van der Waals surface area contributed by atoms with Gasteiger partial charge in [0.1, 0.15) is 23.7 Å². The molecular formula is C21H17F4N5O2S. The fraction of sp³-hybridized carbons (Fsp3) is 0.333. The van der Waals surface area contributed by atoms with Gasteiger partial charge in [0.2, 0.25) is 0 Å². The molecule has 12 heteroatoms. The van der Waals surface area contributed by atoms with Gasteiger partial charge in [-0.05, 0) is 56.7 Å². The average molecular weight is 479 g/mol. The smallest absolute Gasteiger partial charge is 0.374 e. The number of anilines is 2. The lowest BCUT2D eigenvalue weighted by Crippen LogP contribution is -2.55. The Balaban J connectivity index is 1.79. The SMILES string of the molecule is CNC(O)c1ccc(N2C(=S)N(c3cnc(C#N)c(C(F)(F)F)c3)C(=O)C23CCC3)cc1F. The minimum atomic E-state index is -4.86. The number of amides is 1. The third-order valence-electron chi connectivity index (χ3n) is 5.95. The van der Waals surface area contributed by atoms with Gasteiger partial charge in [0.15, 0.2) is 10.8 Å². The van der Waals surface area contributed by atoms with Gasteiger partial charge in [-0.25, -0.2) is 9.37 Å². The molecule has 0 radical (unpaired) electrons. The number of aromatic nitrogens is 1. The number of nitrogens with one attached hydrogen (secondary N) is 1. The highest BCUT2D eigenvalue weighted by Crippen LogP contribution is 2.48. The molecule has 7 nitrogen and oxygen atoms in total. The summed E-state index contributed by atoms with van der Waals surface area (Å²) in [6.07, 6.45) is -3.69. The van der Waals surface area contributed by atoms with Crippen LogP contribution in [0.3, 0.4) is 0 Å². The number of halogens is 4. The molecule has 0 bridgehead atoms. The van der Waals surface area contributed by atoms with Crippen molar-refractivity contribution in [1.29, 1.82) is 5.26 Å². The molecule has 2 aliphatic rings. The number of benzene rings is 1. The van der Waals surface area contributed by atoms with E-state index in [4.69, 9.17) is 17.5 Å². The molecule has 1 amide bonds. The largest absolute Gasteiger partial charge is 0.419 e. The van der Waals surface area contributed by atoms with E-state index in [2.05, 4.69) is 10.3 Å². The van der Waals surface area contributed by atoms with Gasteiger partial charge in [-0.15, -0.1) is 0 Å². The quantitative estimate of drug-likeness (QED) is 0.395. The van der Waals surface area contributed by atoms with E-state index in [1.165, 1.54) is 30.1 Å². The number of alkyl halides is 3. The number of carbonyl (C=O) groups excluding carboxylic acids is 1. The average Bonchev–Trinajstić information content (AvgIpc) is 2.98. The zero-order valence-corrected chi connectivity index (χ0v) is 18.0. The van der Waals surface area contributed by atoms with Crippen molar-refractivity contribution in [3.05, 3.63) is 53.1 Å². The number of aliphatic hydroxyl groups excluding tert-OH is 1. The summed E-state index contributed by atoms with van der Waals surface area (Å²) in [7, 11) is 1.45. The van der Waals surface area contributed by atoms with Crippen LogP contribution in [-0.4, -0.2) is 33.7 Å². The third kappa shape index (κ3) is 3.52. The molecule has 1 spiro atoms. The van der Waals surface area contributed by atoms with Crippen molar-refractivity contribution in [3.8, 4) is 6.07 Å². The first-order chi connectivity index (χ1) is 15.5. The molecule has 1 saturated carbocycles. The number of pyridine rings is 1. The number of rotatable bonds is 4. The Kier molecular flexibility index (Phi) is 5.60. The maximum Gasteiger partial charge on any atom is 0.419 e. The summed E-state index contributed by atoms with van der Waals surface area (Å²) in [5.41, 5.74) is -3.26. The molecule has 172 valence electrons. The molecule has 4 rings (SSSR count). The monoisotopic (exact) mass is 479 g/mol. The van der Waals surface area contributed by atoms with E-state index in [9.17, 15) is 27.5 Å². The summed E-state index contributed by atoms with van der Waals surface area (Å²) < 4.78 is 55.0. The first-order valence-corrected chi connectivity index (χ1v) is 10.3. The highest BCUT2D eigenvalue weighted by molar-refractivity contribution is 7.81. The molecule has 33 heavy (non-hydrogen) atoms. The van der Waals surface area contributed by atoms with Crippen molar-refractivity contribution in [3.63, 3.8) is 0 Å².